The molecule has 7 nitrogen and oxygen atoms in total. The molecular weight excluding hydrogens is 310 g/mol. The summed E-state index contributed by atoms with van der Waals surface area (Å²) in [6.45, 7) is 0.411. The molecule has 1 aliphatic rings. The topological polar surface area (TPSA) is 84.4 Å². The number of ether oxygens (including phenoxy) is 1. The van der Waals surface area contributed by atoms with Gasteiger partial charge in [0.2, 0.25) is 5.91 Å². The number of amides is 1. The standard InChI is InChI=1S/C17H19N3O4/c1-24-14-6-2-12(3-7-14)10-20(13-4-5-13)16(22)11-19-9-8-15(21)18-17(19)23/h2-3,6-9,13H,4-5,10-11H2,1H3,(H,18,21,23). The molecule has 1 N–H and O–H groups in total. The van der Waals surface area contributed by atoms with Crippen molar-refractivity contribution in [3.63, 3.8) is 0 Å². The minimum atomic E-state index is -0.573. The summed E-state index contributed by atoms with van der Waals surface area (Å²) in [4.78, 5) is 39.4. The maximum atomic E-state index is 12.6. The van der Waals surface area contributed by atoms with Crippen molar-refractivity contribution in [2.75, 3.05) is 7.11 Å². The molecule has 1 aromatic carbocycles. The normalized spacial score (nSPS) is 13.5. The second-order valence-electron chi connectivity index (χ2n) is 5.84. The van der Waals surface area contributed by atoms with Gasteiger partial charge in [-0.2, -0.15) is 0 Å². The van der Waals surface area contributed by atoms with E-state index >= 15 is 0 Å². The molecule has 0 atom stereocenters. The Labute approximate surface area is 138 Å². The van der Waals surface area contributed by atoms with Gasteiger partial charge in [-0.25, -0.2) is 4.79 Å². The predicted octanol–water partition coefficient (Wildman–Crippen LogP) is 0.736. The van der Waals surface area contributed by atoms with Crippen LogP contribution >= 0.6 is 0 Å². The molecule has 0 unspecified atom stereocenters. The number of benzene rings is 1. The number of hydrogen-bond donors (Lipinski definition) is 1. The number of carbonyl (C=O) groups excluding carboxylic acids is 1. The van der Waals surface area contributed by atoms with Crippen molar-refractivity contribution in [1.29, 1.82) is 0 Å². The Hall–Kier alpha value is -2.83. The second-order valence-corrected chi connectivity index (χ2v) is 5.84. The van der Waals surface area contributed by atoms with Gasteiger partial charge in [0.05, 0.1) is 7.11 Å². The van der Waals surface area contributed by atoms with Gasteiger partial charge in [0.1, 0.15) is 12.3 Å². The summed E-state index contributed by atoms with van der Waals surface area (Å²) in [6, 6.07) is 9.02. The minimum absolute atomic E-state index is 0.0811. The average molecular weight is 329 g/mol. The van der Waals surface area contributed by atoms with Crippen LogP contribution in [0.1, 0.15) is 18.4 Å². The number of methoxy groups -OCH3 is 1. The van der Waals surface area contributed by atoms with Gasteiger partial charge in [0, 0.05) is 24.8 Å². The molecule has 0 spiro atoms. The Bertz CT molecular complexity index is 834. The molecule has 0 radical (unpaired) electrons. The summed E-state index contributed by atoms with van der Waals surface area (Å²) >= 11 is 0. The lowest BCUT2D eigenvalue weighted by Gasteiger charge is -2.23. The zero-order chi connectivity index (χ0) is 17.1. The quantitative estimate of drug-likeness (QED) is 0.847. The minimum Gasteiger partial charge on any atom is -0.497 e. The van der Waals surface area contributed by atoms with E-state index in [4.69, 9.17) is 4.74 Å². The molecule has 7 heteroatoms. The first-order valence-corrected chi connectivity index (χ1v) is 7.79. The molecule has 3 rings (SSSR count). The molecule has 1 saturated carbocycles. The first-order valence-electron chi connectivity index (χ1n) is 7.79. The van der Waals surface area contributed by atoms with Crippen LogP contribution in [0.25, 0.3) is 0 Å². The van der Waals surface area contributed by atoms with Crippen LogP contribution in [0, 0.1) is 0 Å². The molecule has 0 aliphatic heterocycles. The van der Waals surface area contributed by atoms with E-state index in [1.165, 1.54) is 16.8 Å². The number of hydrogen-bond acceptors (Lipinski definition) is 4. The molecule has 1 aliphatic carbocycles. The number of rotatable bonds is 6. The van der Waals surface area contributed by atoms with Gasteiger partial charge in [0.15, 0.2) is 0 Å². The van der Waals surface area contributed by atoms with E-state index in [1.54, 1.807) is 12.0 Å². The lowest BCUT2D eigenvalue weighted by molar-refractivity contribution is -0.133. The Morgan fingerprint density at radius 3 is 2.54 bits per heavy atom. The van der Waals surface area contributed by atoms with E-state index in [2.05, 4.69) is 4.98 Å². The van der Waals surface area contributed by atoms with E-state index in [0.29, 0.717) is 6.54 Å². The first-order chi connectivity index (χ1) is 11.6. The van der Waals surface area contributed by atoms with Gasteiger partial charge in [-0.3, -0.25) is 19.1 Å². The Kier molecular flexibility index (Phi) is 4.50. The fourth-order valence-electron chi connectivity index (χ4n) is 2.54. The molecule has 2 aromatic rings. The van der Waals surface area contributed by atoms with Gasteiger partial charge in [-0.15, -0.1) is 0 Å². The average Bonchev–Trinajstić information content (AvgIpc) is 3.40. The zero-order valence-corrected chi connectivity index (χ0v) is 13.4. The smallest absolute Gasteiger partial charge is 0.328 e. The van der Waals surface area contributed by atoms with E-state index < -0.39 is 11.2 Å². The van der Waals surface area contributed by atoms with Crippen molar-refractivity contribution in [3.05, 3.63) is 62.9 Å². The van der Waals surface area contributed by atoms with Crippen molar-refractivity contribution in [3.8, 4) is 5.75 Å². The highest BCUT2D eigenvalue weighted by molar-refractivity contribution is 5.76. The molecule has 0 saturated heterocycles. The third kappa shape index (κ3) is 3.73. The Morgan fingerprint density at radius 1 is 1.25 bits per heavy atom. The first kappa shape index (κ1) is 16.0. The second kappa shape index (κ2) is 6.74. The summed E-state index contributed by atoms with van der Waals surface area (Å²) in [5, 5.41) is 0. The lowest BCUT2D eigenvalue weighted by atomic mass is 10.2. The molecule has 1 amide bonds. The zero-order valence-electron chi connectivity index (χ0n) is 13.4. The van der Waals surface area contributed by atoms with Crippen LogP contribution in [-0.2, 0) is 17.9 Å². The Morgan fingerprint density at radius 2 is 1.96 bits per heavy atom. The van der Waals surface area contributed by atoms with Crippen molar-refractivity contribution in [2.24, 2.45) is 0 Å². The maximum Gasteiger partial charge on any atom is 0.328 e. The van der Waals surface area contributed by atoms with Crippen molar-refractivity contribution in [2.45, 2.75) is 32.0 Å². The number of aromatic amines is 1. The molecule has 126 valence electrons. The van der Waals surface area contributed by atoms with Crippen LogP contribution < -0.4 is 16.0 Å². The van der Waals surface area contributed by atoms with Crippen molar-refractivity contribution in [1.82, 2.24) is 14.5 Å². The summed E-state index contributed by atoms with van der Waals surface area (Å²) in [6.07, 6.45) is 3.29. The number of carbonyl (C=O) groups is 1. The van der Waals surface area contributed by atoms with Crippen molar-refractivity contribution >= 4 is 5.91 Å². The number of nitrogens with one attached hydrogen (secondary N) is 1. The van der Waals surface area contributed by atoms with Crippen LogP contribution in [0.3, 0.4) is 0 Å². The number of nitrogens with zero attached hydrogens (tertiary/aromatic N) is 2. The predicted molar refractivity (Wildman–Crippen MR) is 87.9 cm³/mol. The summed E-state index contributed by atoms with van der Waals surface area (Å²) < 4.78 is 6.35. The molecule has 0 bridgehead atoms. The summed E-state index contributed by atoms with van der Waals surface area (Å²) in [5.41, 5.74) is -0.0399. The molecule has 1 fully saturated rings. The highest BCUT2D eigenvalue weighted by Gasteiger charge is 2.32. The van der Waals surface area contributed by atoms with E-state index in [9.17, 15) is 14.4 Å². The number of aromatic nitrogens is 2. The molecule has 1 heterocycles. The van der Waals surface area contributed by atoms with E-state index in [0.717, 1.165) is 24.2 Å². The maximum absolute atomic E-state index is 12.6. The van der Waals surface area contributed by atoms with Crippen molar-refractivity contribution < 1.29 is 9.53 Å². The van der Waals surface area contributed by atoms with Crippen LogP contribution in [0.5, 0.6) is 5.75 Å². The SMILES string of the molecule is COc1ccc(CN(C(=O)Cn2ccc(=O)[nH]c2=O)C2CC2)cc1. The van der Waals surface area contributed by atoms with Gasteiger partial charge >= 0.3 is 5.69 Å². The molecule has 1 aromatic heterocycles. The summed E-state index contributed by atoms with van der Waals surface area (Å²) in [7, 11) is 1.61. The fourth-order valence-corrected chi connectivity index (χ4v) is 2.54. The highest BCUT2D eigenvalue weighted by atomic mass is 16.5. The van der Waals surface area contributed by atoms with Crippen LogP contribution in [0.15, 0.2) is 46.1 Å². The number of H-pyrrole nitrogens is 1. The van der Waals surface area contributed by atoms with Gasteiger partial charge in [0.25, 0.3) is 5.56 Å². The van der Waals surface area contributed by atoms with Crippen LogP contribution in [0.4, 0.5) is 0 Å². The molecular formula is C17H19N3O4. The van der Waals surface area contributed by atoms with Gasteiger partial charge in [-0.1, -0.05) is 12.1 Å². The van der Waals surface area contributed by atoms with Gasteiger partial charge < -0.3 is 9.64 Å². The van der Waals surface area contributed by atoms with E-state index in [1.807, 2.05) is 24.3 Å². The van der Waals surface area contributed by atoms with Crippen LogP contribution in [0.2, 0.25) is 0 Å². The third-order valence-corrected chi connectivity index (χ3v) is 4.02. The highest BCUT2D eigenvalue weighted by Crippen LogP contribution is 2.29. The lowest BCUT2D eigenvalue weighted by Crippen LogP contribution is -2.39. The largest absolute Gasteiger partial charge is 0.497 e. The Balaban J connectivity index is 1.73. The summed E-state index contributed by atoms with van der Waals surface area (Å²) in [5.74, 6) is 0.630. The third-order valence-electron chi connectivity index (χ3n) is 4.02. The monoisotopic (exact) mass is 329 g/mol. The van der Waals surface area contributed by atoms with Crippen LogP contribution in [-0.4, -0.2) is 33.5 Å². The molecule has 24 heavy (non-hydrogen) atoms. The fraction of sp³-hybridized carbons (Fsp3) is 0.353. The van der Waals surface area contributed by atoms with Gasteiger partial charge in [-0.05, 0) is 30.5 Å². The van der Waals surface area contributed by atoms with E-state index in [-0.39, 0.29) is 18.5 Å².